The normalized spacial score (nSPS) is 39.3. The molecule has 1 saturated carbocycles. The van der Waals surface area contributed by atoms with E-state index in [-0.39, 0.29) is 5.92 Å². The molecule has 2 aliphatic rings. The van der Waals surface area contributed by atoms with E-state index in [2.05, 4.69) is 18.3 Å². The third-order valence-corrected chi connectivity index (χ3v) is 4.12. The minimum absolute atomic E-state index is 0.218. The van der Waals surface area contributed by atoms with Crippen molar-refractivity contribution in [1.29, 1.82) is 5.26 Å². The molecule has 4 atom stereocenters. The first-order valence-corrected chi connectivity index (χ1v) is 7.07. The SMILES string of the molecule is CC1CC(NC2CCCCCC2C#N)CCO1. The van der Waals surface area contributed by atoms with Crippen LogP contribution < -0.4 is 5.32 Å². The molecule has 1 aliphatic heterocycles. The third-order valence-electron chi connectivity index (χ3n) is 4.12. The Labute approximate surface area is 105 Å². The molecule has 0 aromatic heterocycles. The highest BCUT2D eigenvalue weighted by molar-refractivity contribution is 4.95. The fraction of sp³-hybridized carbons (Fsp3) is 0.929. The summed E-state index contributed by atoms with van der Waals surface area (Å²) in [5.41, 5.74) is 0. The van der Waals surface area contributed by atoms with Crippen LogP contribution in [0.4, 0.5) is 0 Å². The molecule has 0 radical (unpaired) electrons. The van der Waals surface area contributed by atoms with Gasteiger partial charge in [0.15, 0.2) is 0 Å². The second kappa shape index (κ2) is 6.37. The summed E-state index contributed by atoms with van der Waals surface area (Å²) in [5, 5.41) is 13.0. The predicted octanol–water partition coefficient (Wildman–Crippen LogP) is 2.62. The van der Waals surface area contributed by atoms with Crippen LogP contribution in [0.3, 0.4) is 0 Å². The van der Waals surface area contributed by atoms with E-state index in [1.54, 1.807) is 0 Å². The molecule has 17 heavy (non-hydrogen) atoms. The number of ether oxygens (including phenoxy) is 1. The van der Waals surface area contributed by atoms with Gasteiger partial charge >= 0.3 is 0 Å². The van der Waals surface area contributed by atoms with Crippen molar-refractivity contribution in [3.63, 3.8) is 0 Å². The lowest BCUT2D eigenvalue weighted by Gasteiger charge is -2.32. The van der Waals surface area contributed by atoms with Gasteiger partial charge in [0, 0.05) is 18.7 Å². The van der Waals surface area contributed by atoms with Gasteiger partial charge in [-0.2, -0.15) is 5.26 Å². The van der Waals surface area contributed by atoms with E-state index >= 15 is 0 Å². The van der Waals surface area contributed by atoms with Crippen molar-refractivity contribution < 1.29 is 4.74 Å². The average Bonchev–Trinajstić information content (AvgIpc) is 2.54. The van der Waals surface area contributed by atoms with Crippen LogP contribution in [0.1, 0.15) is 51.9 Å². The van der Waals surface area contributed by atoms with Gasteiger partial charge in [-0.15, -0.1) is 0 Å². The van der Waals surface area contributed by atoms with E-state index in [1.165, 1.54) is 25.7 Å². The molecule has 3 nitrogen and oxygen atoms in total. The highest BCUT2D eigenvalue weighted by atomic mass is 16.5. The highest BCUT2D eigenvalue weighted by Crippen LogP contribution is 2.25. The van der Waals surface area contributed by atoms with Crippen LogP contribution in [0.25, 0.3) is 0 Å². The van der Waals surface area contributed by atoms with Crippen molar-refractivity contribution in [1.82, 2.24) is 5.32 Å². The first-order valence-electron chi connectivity index (χ1n) is 7.07. The number of rotatable bonds is 2. The number of nitrogens with one attached hydrogen (secondary N) is 1. The molecular formula is C14H24N2O. The van der Waals surface area contributed by atoms with Gasteiger partial charge in [0.2, 0.25) is 0 Å². The molecule has 0 amide bonds. The van der Waals surface area contributed by atoms with Crippen LogP contribution in [-0.2, 0) is 4.74 Å². The van der Waals surface area contributed by atoms with Gasteiger partial charge in [0.1, 0.15) is 0 Å². The fourth-order valence-corrected chi connectivity index (χ4v) is 3.11. The molecule has 0 spiro atoms. The van der Waals surface area contributed by atoms with Gasteiger partial charge < -0.3 is 10.1 Å². The number of hydrogen-bond donors (Lipinski definition) is 1. The zero-order valence-electron chi connectivity index (χ0n) is 10.8. The number of nitrogens with zero attached hydrogens (tertiary/aromatic N) is 1. The lowest BCUT2D eigenvalue weighted by molar-refractivity contribution is 0.0101. The summed E-state index contributed by atoms with van der Waals surface area (Å²) in [6, 6.07) is 3.47. The summed E-state index contributed by atoms with van der Waals surface area (Å²) >= 11 is 0. The smallest absolute Gasteiger partial charge is 0.0672 e. The first-order chi connectivity index (χ1) is 8.29. The average molecular weight is 236 g/mol. The zero-order valence-corrected chi connectivity index (χ0v) is 10.8. The molecule has 1 saturated heterocycles. The summed E-state index contributed by atoms with van der Waals surface area (Å²) in [6.45, 7) is 3.01. The van der Waals surface area contributed by atoms with Gasteiger partial charge in [-0.25, -0.2) is 0 Å². The molecule has 0 bridgehead atoms. The number of nitriles is 1. The maximum atomic E-state index is 9.25. The van der Waals surface area contributed by atoms with Crippen molar-refractivity contribution in [2.75, 3.05) is 6.61 Å². The van der Waals surface area contributed by atoms with E-state index in [9.17, 15) is 5.26 Å². The third kappa shape index (κ3) is 3.69. The maximum absolute atomic E-state index is 9.25. The van der Waals surface area contributed by atoms with Crippen LogP contribution in [-0.4, -0.2) is 24.8 Å². The molecule has 1 heterocycles. The van der Waals surface area contributed by atoms with E-state index in [4.69, 9.17) is 4.74 Å². The maximum Gasteiger partial charge on any atom is 0.0672 e. The van der Waals surface area contributed by atoms with Crippen molar-refractivity contribution in [2.45, 2.75) is 70.1 Å². The molecule has 1 aliphatic carbocycles. The van der Waals surface area contributed by atoms with Crippen molar-refractivity contribution >= 4 is 0 Å². The molecule has 4 unspecified atom stereocenters. The van der Waals surface area contributed by atoms with Gasteiger partial charge in [0.05, 0.1) is 18.1 Å². The Hall–Kier alpha value is -0.590. The second-order valence-electron chi connectivity index (χ2n) is 5.55. The van der Waals surface area contributed by atoms with Crippen LogP contribution >= 0.6 is 0 Å². The van der Waals surface area contributed by atoms with Gasteiger partial charge in [-0.3, -0.25) is 0 Å². The first kappa shape index (κ1) is 12.9. The van der Waals surface area contributed by atoms with Crippen LogP contribution in [0.15, 0.2) is 0 Å². The summed E-state index contributed by atoms with van der Waals surface area (Å²) < 4.78 is 5.57. The summed E-state index contributed by atoms with van der Waals surface area (Å²) in [6.07, 6.45) is 8.59. The Bertz CT molecular complexity index is 274. The molecule has 96 valence electrons. The zero-order chi connectivity index (χ0) is 12.1. The Kier molecular flexibility index (Phi) is 4.82. The minimum atomic E-state index is 0.218. The van der Waals surface area contributed by atoms with E-state index in [1.807, 2.05) is 0 Å². The minimum Gasteiger partial charge on any atom is -0.378 e. The largest absolute Gasteiger partial charge is 0.378 e. The fourth-order valence-electron chi connectivity index (χ4n) is 3.11. The van der Waals surface area contributed by atoms with Crippen molar-refractivity contribution in [3.05, 3.63) is 0 Å². The van der Waals surface area contributed by atoms with Crippen LogP contribution in [0, 0.1) is 17.2 Å². The molecule has 1 N–H and O–H groups in total. The summed E-state index contributed by atoms with van der Waals surface area (Å²) in [4.78, 5) is 0. The second-order valence-corrected chi connectivity index (χ2v) is 5.55. The van der Waals surface area contributed by atoms with Gasteiger partial charge in [-0.1, -0.05) is 19.3 Å². The monoisotopic (exact) mass is 236 g/mol. The predicted molar refractivity (Wildman–Crippen MR) is 67.5 cm³/mol. The van der Waals surface area contributed by atoms with E-state index < -0.39 is 0 Å². The quantitative estimate of drug-likeness (QED) is 0.750. The Balaban J connectivity index is 1.88. The summed E-state index contributed by atoms with van der Waals surface area (Å²) in [7, 11) is 0. The van der Waals surface area contributed by atoms with Gasteiger partial charge in [0.25, 0.3) is 0 Å². The van der Waals surface area contributed by atoms with E-state index in [0.717, 1.165) is 25.9 Å². The number of hydrogen-bond acceptors (Lipinski definition) is 3. The molecule has 0 aromatic rings. The van der Waals surface area contributed by atoms with Crippen LogP contribution in [0.2, 0.25) is 0 Å². The molecule has 0 aromatic carbocycles. The highest BCUT2D eigenvalue weighted by Gasteiger charge is 2.27. The van der Waals surface area contributed by atoms with Crippen LogP contribution in [0.5, 0.6) is 0 Å². The molecule has 2 fully saturated rings. The topological polar surface area (TPSA) is 45.0 Å². The van der Waals surface area contributed by atoms with Crippen molar-refractivity contribution in [2.24, 2.45) is 5.92 Å². The summed E-state index contributed by atoms with van der Waals surface area (Å²) in [5.74, 6) is 0.218. The Morgan fingerprint density at radius 2 is 2.00 bits per heavy atom. The standard InChI is InChI=1S/C14H24N2O/c1-11-9-13(7-8-17-11)16-14-6-4-2-3-5-12(14)10-15/h11-14,16H,2-9H2,1H3. The molecular weight excluding hydrogens is 212 g/mol. The molecule has 2 rings (SSSR count). The Morgan fingerprint density at radius 1 is 1.18 bits per heavy atom. The molecule has 3 heteroatoms. The van der Waals surface area contributed by atoms with Crippen molar-refractivity contribution in [3.8, 4) is 6.07 Å². The lowest BCUT2D eigenvalue weighted by Crippen LogP contribution is -2.46. The Morgan fingerprint density at radius 3 is 2.76 bits per heavy atom. The van der Waals surface area contributed by atoms with Gasteiger partial charge in [-0.05, 0) is 32.6 Å². The van der Waals surface area contributed by atoms with E-state index in [0.29, 0.717) is 18.2 Å². The lowest BCUT2D eigenvalue weighted by atomic mass is 9.93.